The number of ether oxygens (including phenoxy) is 2. The molecule has 0 aliphatic carbocycles. The van der Waals surface area contributed by atoms with Crippen LogP contribution < -0.4 is 10.6 Å². The number of esters is 1. The lowest BCUT2D eigenvalue weighted by atomic mass is 10.1. The van der Waals surface area contributed by atoms with Crippen LogP contribution >= 0.6 is 0 Å². The average Bonchev–Trinajstić information content (AvgIpc) is 2.38. The summed E-state index contributed by atoms with van der Waals surface area (Å²) in [5.74, 6) is -1.71. The van der Waals surface area contributed by atoms with Crippen LogP contribution in [0.15, 0.2) is 0 Å². The van der Waals surface area contributed by atoms with E-state index in [2.05, 4.69) is 15.4 Å². The summed E-state index contributed by atoms with van der Waals surface area (Å²) in [6.07, 6.45) is -3.37. The van der Waals surface area contributed by atoms with Crippen molar-refractivity contribution in [3.05, 3.63) is 0 Å². The van der Waals surface area contributed by atoms with E-state index in [-0.39, 0.29) is 0 Å². The van der Waals surface area contributed by atoms with Crippen molar-refractivity contribution in [1.82, 2.24) is 10.6 Å². The van der Waals surface area contributed by atoms with Gasteiger partial charge in [0, 0.05) is 0 Å². The van der Waals surface area contributed by atoms with E-state index in [1.54, 1.807) is 20.8 Å². The molecule has 0 spiro atoms. The molecule has 0 aliphatic heterocycles. The van der Waals surface area contributed by atoms with Crippen molar-refractivity contribution >= 4 is 18.0 Å². The molecule has 2 amide bonds. The molecule has 0 bridgehead atoms. The Kier molecular flexibility index (Phi) is 7.98. The van der Waals surface area contributed by atoms with E-state index in [0.29, 0.717) is 0 Å². The number of hydrogen-bond donors (Lipinski definition) is 4. The van der Waals surface area contributed by atoms with Crippen LogP contribution in [0.3, 0.4) is 0 Å². The van der Waals surface area contributed by atoms with Gasteiger partial charge in [-0.2, -0.15) is 0 Å². The first-order valence-corrected chi connectivity index (χ1v) is 7.13. The van der Waals surface area contributed by atoms with Crippen LogP contribution in [-0.2, 0) is 19.1 Å². The van der Waals surface area contributed by atoms with E-state index in [9.17, 15) is 24.6 Å². The van der Waals surface area contributed by atoms with Crippen LogP contribution in [0.1, 0.15) is 34.6 Å². The maximum Gasteiger partial charge on any atom is 0.408 e. The summed E-state index contributed by atoms with van der Waals surface area (Å²) in [4.78, 5) is 35.4. The Morgan fingerprint density at radius 1 is 0.957 bits per heavy atom. The zero-order valence-corrected chi connectivity index (χ0v) is 14.2. The van der Waals surface area contributed by atoms with Crippen LogP contribution in [0, 0.1) is 0 Å². The Hall–Kier alpha value is -1.87. The van der Waals surface area contributed by atoms with Crippen LogP contribution in [0.25, 0.3) is 0 Å². The molecule has 9 nitrogen and oxygen atoms in total. The van der Waals surface area contributed by atoms with Gasteiger partial charge in [0.05, 0.1) is 19.3 Å². The van der Waals surface area contributed by atoms with Gasteiger partial charge < -0.3 is 30.3 Å². The molecular formula is C14H26N2O7. The molecule has 0 aromatic heterocycles. The van der Waals surface area contributed by atoms with Crippen molar-refractivity contribution in [2.75, 3.05) is 7.11 Å². The standard InChI is InChI=1S/C14H26N2O7/c1-7(17)9(16-13(21)23-14(3,4)5)11(19)15-10(8(2)18)12(20)22-6/h7-10,17-18H,1-6H3,(H,15,19)(H,16,21)/t7-,8-,9+,10+/m1/s1. The fraction of sp³-hybridized carbons (Fsp3) is 0.786. The third-order valence-electron chi connectivity index (χ3n) is 2.67. The van der Waals surface area contributed by atoms with Gasteiger partial charge in [0.1, 0.15) is 11.6 Å². The van der Waals surface area contributed by atoms with Gasteiger partial charge in [-0.05, 0) is 34.6 Å². The Morgan fingerprint density at radius 3 is 1.78 bits per heavy atom. The van der Waals surface area contributed by atoms with E-state index in [1.807, 2.05) is 0 Å². The third-order valence-corrected chi connectivity index (χ3v) is 2.67. The van der Waals surface area contributed by atoms with Gasteiger partial charge in [0.15, 0.2) is 6.04 Å². The number of methoxy groups -OCH3 is 1. The molecule has 0 rings (SSSR count). The number of nitrogens with one attached hydrogen (secondary N) is 2. The highest BCUT2D eigenvalue weighted by molar-refractivity contribution is 5.90. The van der Waals surface area contributed by atoms with Gasteiger partial charge in [-0.25, -0.2) is 9.59 Å². The number of aliphatic hydroxyl groups is 2. The predicted molar refractivity (Wildman–Crippen MR) is 80.5 cm³/mol. The maximum atomic E-state index is 12.2. The number of carbonyl (C=O) groups is 3. The fourth-order valence-corrected chi connectivity index (χ4v) is 1.59. The first-order chi connectivity index (χ1) is 10.4. The SMILES string of the molecule is COC(=O)[C@@H](NC(=O)[C@@H](NC(=O)OC(C)(C)C)[C@@H](C)O)[C@@H](C)O. The quantitative estimate of drug-likeness (QED) is 0.472. The van der Waals surface area contributed by atoms with Crippen molar-refractivity contribution in [2.45, 2.75) is 64.5 Å². The molecule has 4 atom stereocenters. The molecule has 0 heterocycles. The van der Waals surface area contributed by atoms with Crippen LogP contribution in [0.5, 0.6) is 0 Å². The second kappa shape index (κ2) is 8.68. The summed E-state index contributed by atoms with van der Waals surface area (Å²) < 4.78 is 9.48. The number of alkyl carbamates (subject to hydrolysis) is 1. The minimum absolute atomic E-state index is 0.780. The lowest BCUT2D eigenvalue weighted by Gasteiger charge is -2.26. The predicted octanol–water partition coefficient (Wildman–Crippen LogP) is -0.701. The summed E-state index contributed by atoms with van der Waals surface area (Å²) in [6.45, 7) is 7.51. The molecule has 23 heavy (non-hydrogen) atoms. The highest BCUT2D eigenvalue weighted by atomic mass is 16.6. The number of rotatable bonds is 6. The maximum absolute atomic E-state index is 12.2. The molecule has 0 aromatic carbocycles. The van der Waals surface area contributed by atoms with E-state index in [4.69, 9.17) is 4.74 Å². The molecule has 4 N–H and O–H groups in total. The number of carbonyl (C=O) groups excluding carboxylic acids is 3. The molecule has 0 saturated carbocycles. The van der Waals surface area contributed by atoms with E-state index < -0.39 is 47.9 Å². The van der Waals surface area contributed by atoms with Crippen molar-refractivity contribution in [1.29, 1.82) is 0 Å². The molecule has 9 heteroatoms. The second-order valence-corrected chi connectivity index (χ2v) is 6.11. The molecule has 0 radical (unpaired) electrons. The minimum atomic E-state index is -1.37. The molecule has 134 valence electrons. The molecule has 0 fully saturated rings. The summed E-state index contributed by atoms with van der Waals surface area (Å²) in [5.41, 5.74) is -0.780. The number of hydrogen-bond acceptors (Lipinski definition) is 7. The Labute approximate surface area is 135 Å². The molecule has 0 aliphatic rings. The normalized spacial score (nSPS) is 16.5. The first-order valence-electron chi connectivity index (χ1n) is 7.13. The highest BCUT2D eigenvalue weighted by Crippen LogP contribution is 2.07. The number of amides is 2. The lowest BCUT2D eigenvalue weighted by Crippen LogP contribution is -2.58. The fourth-order valence-electron chi connectivity index (χ4n) is 1.59. The summed E-state index contributed by atoms with van der Waals surface area (Å²) in [6, 6.07) is -2.69. The van der Waals surface area contributed by atoms with Crippen LogP contribution in [0.2, 0.25) is 0 Å². The smallest absolute Gasteiger partial charge is 0.408 e. The van der Waals surface area contributed by atoms with Crippen LogP contribution in [-0.4, -0.2) is 65.2 Å². The minimum Gasteiger partial charge on any atom is -0.467 e. The third kappa shape index (κ3) is 7.80. The molecule has 0 unspecified atom stereocenters. The first kappa shape index (κ1) is 21.1. The molecule has 0 saturated heterocycles. The summed E-state index contributed by atoms with van der Waals surface area (Å²) in [5, 5.41) is 23.6. The van der Waals surface area contributed by atoms with Gasteiger partial charge >= 0.3 is 12.1 Å². The number of aliphatic hydroxyl groups excluding tert-OH is 2. The Bertz CT molecular complexity index is 429. The van der Waals surface area contributed by atoms with E-state index in [1.165, 1.54) is 13.8 Å². The average molecular weight is 334 g/mol. The van der Waals surface area contributed by atoms with E-state index in [0.717, 1.165) is 7.11 Å². The van der Waals surface area contributed by atoms with Crippen molar-refractivity contribution in [3.8, 4) is 0 Å². The zero-order valence-electron chi connectivity index (χ0n) is 14.2. The monoisotopic (exact) mass is 334 g/mol. The Balaban J connectivity index is 4.99. The van der Waals surface area contributed by atoms with E-state index >= 15 is 0 Å². The van der Waals surface area contributed by atoms with Crippen molar-refractivity contribution in [2.24, 2.45) is 0 Å². The summed E-state index contributed by atoms with van der Waals surface area (Å²) >= 11 is 0. The van der Waals surface area contributed by atoms with Gasteiger partial charge in [-0.3, -0.25) is 4.79 Å². The second-order valence-electron chi connectivity index (χ2n) is 6.11. The summed E-state index contributed by atoms with van der Waals surface area (Å²) in [7, 11) is 1.11. The van der Waals surface area contributed by atoms with Crippen molar-refractivity contribution < 1.29 is 34.1 Å². The van der Waals surface area contributed by atoms with Gasteiger partial charge in [-0.1, -0.05) is 0 Å². The van der Waals surface area contributed by atoms with Gasteiger partial charge in [0.2, 0.25) is 5.91 Å². The van der Waals surface area contributed by atoms with Crippen LogP contribution in [0.4, 0.5) is 4.79 Å². The largest absolute Gasteiger partial charge is 0.467 e. The highest BCUT2D eigenvalue weighted by Gasteiger charge is 2.33. The lowest BCUT2D eigenvalue weighted by molar-refractivity contribution is -0.148. The van der Waals surface area contributed by atoms with Gasteiger partial charge in [-0.15, -0.1) is 0 Å². The van der Waals surface area contributed by atoms with Gasteiger partial charge in [0.25, 0.3) is 0 Å². The molecule has 0 aromatic rings. The Morgan fingerprint density at radius 2 is 1.43 bits per heavy atom. The molecular weight excluding hydrogens is 308 g/mol. The topological polar surface area (TPSA) is 134 Å². The zero-order chi connectivity index (χ0) is 18.4. The van der Waals surface area contributed by atoms with Crippen molar-refractivity contribution in [3.63, 3.8) is 0 Å².